The zero-order valence-corrected chi connectivity index (χ0v) is 22.3. The smallest absolute Gasteiger partial charge is 0.410 e. The zero-order valence-electron chi connectivity index (χ0n) is 21.5. The summed E-state index contributed by atoms with van der Waals surface area (Å²) in [6.45, 7) is 9.24. The number of nitrogens with one attached hydrogen (secondary N) is 1. The topological polar surface area (TPSA) is 100 Å². The van der Waals surface area contributed by atoms with Gasteiger partial charge < -0.3 is 14.6 Å². The standard InChI is InChI=1S/C27H29ClFN7O2/c1-27(2,3)38-26(37)36-10-8-35(9-11-36)15-17-6-7-30-19(12-17)14-22-33-20-5-4-18(13-21(20)34-22)24-23(29)25(28)32-16-31-24/h4-7,12-13,16H,8-11,14-15H2,1-3H3,(H,33,34). The third-order valence-electron chi connectivity index (χ3n) is 6.21. The zero-order chi connectivity index (χ0) is 26.9. The highest BCUT2D eigenvalue weighted by atomic mass is 35.5. The number of pyridine rings is 1. The molecule has 0 bridgehead atoms. The first kappa shape index (κ1) is 26.0. The quantitative estimate of drug-likeness (QED) is 0.363. The molecule has 9 nitrogen and oxygen atoms in total. The van der Waals surface area contributed by atoms with Crippen molar-refractivity contribution in [3.63, 3.8) is 0 Å². The van der Waals surface area contributed by atoms with Gasteiger partial charge in [0, 0.05) is 56.6 Å². The summed E-state index contributed by atoms with van der Waals surface area (Å²) in [5, 5.41) is -0.212. The van der Waals surface area contributed by atoms with Crippen molar-refractivity contribution >= 4 is 28.7 Å². The van der Waals surface area contributed by atoms with E-state index in [4.69, 9.17) is 16.3 Å². The highest BCUT2D eigenvalue weighted by molar-refractivity contribution is 6.29. The third kappa shape index (κ3) is 6.08. The summed E-state index contributed by atoms with van der Waals surface area (Å²) in [6.07, 6.45) is 3.32. The number of H-pyrrole nitrogens is 1. The molecule has 0 unspecified atom stereocenters. The van der Waals surface area contributed by atoms with Gasteiger partial charge in [-0.15, -0.1) is 0 Å². The molecular formula is C27H29ClFN7O2. The number of aromatic nitrogens is 5. The lowest BCUT2D eigenvalue weighted by Crippen LogP contribution is -2.49. The second kappa shape index (κ2) is 10.6. The molecule has 0 spiro atoms. The summed E-state index contributed by atoms with van der Waals surface area (Å²) in [5.74, 6) is 0.106. The molecule has 1 fully saturated rings. The van der Waals surface area contributed by atoms with E-state index in [-0.39, 0.29) is 16.9 Å². The monoisotopic (exact) mass is 537 g/mol. The number of carbonyl (C=O) groups excluding carboxylic acids is 1. The number of halogens is 2. The van der Waals surface area contributed by atoms with Crippen molar-refractivity contribution in [3.05, 3.63) is 70.9 Å². The van der Waals surface area contributed by atoms with Crippen LogP contribution in [-0.4, -0.2) is 72.6 Å². The normalized spacial score (nSPS) is 14.7. The van der Waals surface area contributed by atoms with E-state index in [1.54, 1.807) is 17.0 Å². The van der Waals surface area contributed by atoms with Crippen LogP contribution in [0.1, 0.15) is 37.9 Å². The number of carbonyl (C=O) groups is 1. The van der Waals surface area contributed by atoms with Gasteiger partial charge in [-0.2, -0.15) is 0 Å². The maximum atomic E-state index is 14.4. The molecule has 3 aromatic heterocycles. The average molecular weight is 538 g/mol. The third-order valence-corrected chi connectivity index (χ3v) is 6.47. The average Bonchev–Trinajstić information content (AvgIpc) is 3.27. The van der Waals surface area contributed by atoms with Gasteiger partial charge in [0.25, 0.3) is 0 Å². The number of fused-ring (bicyclic) bond motifs is 1. The van der Waals surface area contributed by atoms with E-state index in [0.717, 1.165) is 47.7 Å². The Morgan fingerprint density at radius 1 is 1.11 bits per heavy atom. The number of ether oxygens (including phenoxy) is 1. The van der Waals surface area contributed by atoms with Crippen LogP contribution in [0.15, 0.2) is 42.9 Å². The predicted octanol–water partition coefficient (Wildman–Crippen LogP) is 4.85. The lowest BCUT2D eigenvalue weighted by molar-refractivity contribution is 0.0139. The van der Waals surface area contributed by atoms with E-state index >= 15 is 0 Å². The Bertz CT molecular complexity index is 1460. The van der Waals surface area contributed by atoms with Crippen molar-refractivity contribution in [2.45, 2.75) is 39.3 Å². The number of amides is 1. The van der Waals surface area contributed by atoms with Crippen LogP contribution in [0.4, 0.5) is 9.18 Å². The van der Waals surface area contributed by atoms with Crippen LogP contribution in [0, 0.1) is 5.82 Å². The molecule has 38 heavy (non-hydrogen) atoms. The van der Waals surface area contributed by atoms with E-state index in [1.807, 2.05) is 39.1 Å². The molecule has 11 heteroatoms. The van der Waals surface area contributed by atoms with Gasteiger partial charge in [0.1, 0.15) is 23.4 Å². The summed E-state index contributed by atoms with van der Waals surface area (Å²) >= 11 is 5.81. The van der Waals surface area contributed by atoms with Crippen molar-refractivity contribution in [2.75, 3.05) is 26.2 Å². The minimum Gasteiger partial charge on any atom is -0.444 e. The molecule has 1 aliphatic heterocycles. The van der Waals surface area contributed by atoms with Crippen molar-refractivity contribution in [3.8, 4) is 11.3 Å². The van der Waals surface area contributed by atoms with Crippen LogP contribution >= 0.6 is 11.6 Å². The maximum Gasteiger partial charge on any atom is 0.410 e. The fraction of sp³-hybridized carbons (Fsp3) is 0.370. The Morgan fingerprint density at radius 2 is 1.89 bits per heavy atom. The summed E-state index contributed by atoms with van der Waals surface area (Å²) in [6, 6.07) is 9.47. The first-order valence-corrected chi connectivity index (χ1v) is 12.8. The Morgan fingerprint density at radius 3 is 2.66 bits per heavy atom. The molecule has 4 aromatic rings. The van der Waals surface area contributed by atoms with Crippen molar-refractivity contribution in [2.24, 2.45) is 0 Å². The molecule has 0 saturated carbocycles. The molecule has 5 rings (SSSR count). The minimum atomic E-state index is -0.652. The van der Waals surface area contributed by atoms with Gasteiger partial charge in [0.05, 0.1) is 11.0 Å². The number of hydrogen-bond donors (Lipinski definition) is 1. The predicted molar refractivity (Wildman–Crippen MR) is 142 cm³/mol. The van der Waals surface area contributed by atoms with Crippen LogP contribution in [0.5, 0.6) is 0 Å². The van der Waals surface area contributed by atoms with E-state index < -0.39 is 11.4 Å². The van der Waals surface area contributed by atoms with E-state index in [1.165, 1.54) is 6.33 Å². The van der Waals surface area contributed by atoms with E-state index in [9.17, 15) is 9.18 Å². The van der Waals surface area contributed by atoms with Crippen LogP contribution in [0.25, 0.3) is 22.3 Å². The fourth-order valence-electron chi connectivity index (χ4n) is 4.41. The van der Waals surface area contributed by atoms with Crippen LogP contribution in [-0.2, 0) is 17.7 Å². The van der Waals surface area contributed by atoms with Crippen LogP contribution < -0.4 is 0 Å². The number of rotatable bonds is 5. The molecule has 4 heterocycles. The Kier molecular flexibility index (Phi) is 7.27. The SMILES string of the molecule is CC(C)(C)OC(=O)N1CCN(Cc2ccnc(Cc3nc4ccc(-c5ncnc(Cl)c5F)cc4[nH]3)c2)CC1. The first-order chi connectivity index (χ1) is 18.1. The van der Waals surface area contributed by atoms with Gasteiger partial charge in [-0.1, -0.05) is 17.7 Å². The van der Waals surface area contributed by atoms with Gasteiger partial charge in [-0.25, -0.2) is 24.1 Å². The Balaban J connectivity index is 1.23. The lowest BCUT2D eigenvalue weighted by atomic mass is 10.1. The molecule has 1 aromatic carbocycles. The molecule has 1 N–H and O–H groups in total. The van der Waals surface area contributed by atoms with Crippen molar-refractivity contribution in [1.29, 1.82) is 0 Å². The Hall–Kier alpha value is -3.63. The highest BCUT2D eigenvalue weighted by Gasteiger charge is 2.26. The van der Waals surface area contributed by atoms with E-state index in [0.29, 0.717) is 25.1 Å². The molecule has 1 amide bonds. The number of nitrogens with zero attached hydrogens (tertiary/aromatic N) is 6. The highest BCUT2D eigenvalue weighted by Crippen LogP contribution is 2.26. The van der Waals surface area contributed by atoms with Crippen molar-refractivity contribution in [1.82, 2.24) is 34.7 Å². The Labute approximate surface area is 225 Å². The summed E-state index contributed by atoms with van der Waals surface area (Å²) < 4.78 is 19.9. The summed E-state index contributed by atoms with van der Waals surface area (Å²) in [5.41, 5.74) is 3.81. The van der Waals surface area contributed by atoms with Gasteiger partial charge in [0.15, 0.2) is 11.0 Å². The van der Waals surface area contributed by atoms with Gasteiger partial charge in [0.2, 0.25) is 0 Å². The molecular weight excluding hydrogens is 509 g/mol. The second-order valence-corrected chi connectivity index (χ2v) is 10.7. The molecule has 0 aliphatic carbocycles. The summed E-state index contributed by atoms with van der Waals surface area (Å²) in [7, 11) is 0. The van der Waals surface area contributed by atoms with Gasteiger partial charge in [-0.05, 0) is 50.6 Å². The van der Waals surface area contributed by atoms with Crippen LogP contribution in [0.3, 0.4) is 0 Å². The van der Waals surface area contributed by atoms with Crippen LogP contribution in [0.2, 0.25) is 5.15 Å². The number of aromatic amines is 1. The van der Waals surface area contributed by atoms with Gasteiger partial charge in [-0.3, -0.25) is 9.88 Å². The number of benzene rings is 1. The minimum absolute atomic E-state index is 0.143. The number of imidazole rings is 1. The molecule has 0 atom stereocenters. The van der Waals surface area contributed by atoms with Gasteiger partial charge >= 0.3 is 6.09 Å². The van der Waals surface area contributed by atoms with Crippen molar-refractivity contribution < 1.29 is 13.9 Å². The molecule has 198 valence electrons. The molecule has 1 aliphatic rings. The number of hydrogen-bond acceptors (Lipinski definition) is 7. The largest absolute Gasteiger partial charge is 0.444 e. The van der Waals surface area contributed by atoms with E-state index in [2.05, 4.69) is 35.9 Å². The lowest BCUT2D eigenvalue weighted by Gasteiger charge is -2.35. The first-order valence-electron chi connectivity index (χ1n) is 12.4. The summed E-state index contributed by atoms with van der Waals surface area (Å²) in [4.78, 5) is 36.6. The molecule has 0 radical (unpaired) electrons. The second-order valence-electron chi connectivity index (χ2n) is 10.3. The molecule has 1 saturated heterocycles. The fourth-order valence-corrected chi connectivity index (χ4v) is 4.54. The number of piperazine rings is 1. The maximum absolute atomic E-state index is 14.4.